The average Bonchev–Trinajstić information content (AvgIpc) is 2.76. The largest absolute Gasteiger partial charge is 0.397 e. The van der Waals surface area contributed by atoms with Crippen molar-refractivity contribution >= 4 is 23.0 Å². The highest BCUT2D eigenvalue weighted by Gasteiger charge is 2.18. The second kappa shape index (κ2) is 8.89. The Kier molecular flexibility index (Phi) is 5.87. The number of anilines is 2. The summed E-state index contributed by atoms with van der Waals surface area (Å²) in [6.45, 7) is 1.11. The fraction of sp³-hybridized carbons (Fsp3) is 0.0800. The zero-order valence-corrected chi connectivity index (χ0v) is 17.2. The second-order valence-electron chi connectivity index (χ2n) is 7.07. The molecular weight excluding hydrogens is 394 g/mol. The summed E-state index contributed by atoms with van der Waals surface area (Å²) in [5.74, 6) is 0. The molecule has 0 radical (unpaired) electrons. The molecule has 1 aromatic heterocycles. The Labute approximate surface area is 180 Å². The molecule has 0 unspecified atom stereocenters. The lowest BCUT2D eigenvalue weighted by molar-refractivity contribution is 0.786. The van der Waals surface area contributed by atoms with Gasteiger partial charge in [-0.2, -0.15) is 0 Å². The van der Waals surface area contributed by atoms with Crippen LogP contribution in [0.2, 0.25) is 5.02 Å². The lowest BCUT2D eigenvalue weighted by Gasteiger charge is -2.26. The Bertz CT molecular complexity index is 1150. The van der Waals surface area contributed by atoms with E-state index in [0.717, 1.165) is 11.1 Å². The molecule has 2 N–H and O–H groups in total. The second-order valence-corrected chi connectivity index (χ2v) is 7.48. The molecule has 0 spiro atoms. The molecule has 0 amide bonds. The first kappa shape index (κ1) is 19.8. The van der Waals surface area contributed by atoms with Crippen LogP contribution in [0.3, 0.4) is 0 Å². The van der Waals surface area contributed by atoms with Gasteiger partial charge in [-0.15, -0.1) is 0 Å². The highest BCUT2D eigenvalue weighted by molar-refractivity contribution is 6.32. The van der Waals surface area contributed by atoms with Gasteiger partial charge in [0.05, 0.1) is 16.4 Å². The van der Waals surface area contributed by atoms with E-state index in [0.29, 0.717) is 35.2 Å². The lowest BCUT2D eigenvalue weighted by atomic mass is 10.1. The van der Waals surface area contributed by atoms with Crippen LogP contribution in [0, 0.1) is 0 Å². The Hall–Kier alpha value is -3.50. The van der Waals surface area contributed by atoms with Crippen molar-refractivity contribution in [2.75, 3.05) is 10.6 Å². The number of nitrogen functional groups attached to an aromatic ring is 1. The van der Waals surface area contributed by atoms with Crippen molar-refractivity contribution in [1.82, 2.24) is 4.57 Å². The van der Waals surface area contributed by atoms with Crippen LogP contribution in [0.15, 0.2) is 102 Å². The lowest BCUT2D eigenvalue weighted by Crippen LogP contribution is -2.32. The number of benzene rings is 3. The van der Waals surface area contributed by atoms with E-state index in [9.17, 15) is 4.79 Å². The molecule has 4 rings (SSSR count). The van der Waals surface area contributed by atoms with Crippen molar-refractivity contribution in [1.29, 1.82) is 0 Å². The van der Waals surface area contributed by atoms with Crippen molar-refractivity contribution in [2.45, 2.75) is 13.1 Å². The number of para-hydroxylation sites is 1. The number of aromatic nitrogens is 1. The van der Waals surface area contributed by atoms with Crippen LogP contribution in [0.25, 0.3) is 5.69 Å². The third-order valence-corrected chi connectivity index (χ3v) is 5.28. The third kappa shape index (κ3) is 4.24. The van der Waals surface area contributed by atoms with Gasteiger partial charge in [-0.05, 0) is 29.3 Å². The van der Waals surface area contributed by atoms with Gasteiger partial charge in [0, 0.05) is 19.3 Å². The molecule has 5 heteroatoms. The van der Waals surface area contributed by atoms with Crippen LogP contribution in [0.1, 0.15) is 11.1 Å². The zero-order valence-electron chi connectivity index (χ0n) is 16.4. The number of hydrogen-bond donors (Lipinski definition) is 1. The van der Waals surface area contributed by atoms with Crippen molar-refractivity contribution in [3.8, 4) is 5.69 Å². The molecule has 30 heavy (non-hydrogen) atoms. The normalized spacial score (nSPS) is 10.7. The summed E-state index contributed by atoms with van der Waals surface area (Å²) in [4.78, 5) is 15.6. The minimum absolute atomic E-state index is 0.199. The van der Waals surface area contributed by atoms with Gasteiger partial charge >= 0.3 is 0 Å². The summed E-state index contributed by atoms with van der Waals surface area (Å²) in [6, 6.07) is 29.1. The van der Waals surface area contributed by atoms with E-state index >= 15 is 0 Å². The molecule has 4 nitrogen and oxygen atoms in total. The Morgan fingerprint density at radius 1 is 0.767 bits per heavy atom. The maximum Gasteiger partial charge on any atom is 0.280 e. The van der Waals surface area contributed by atoms with Crippen LogP contribution in [0.4, 0.5) is 11.4 Å². The fourth-order valence-corrected chi connectivity index (χ4v) is 3.74. The van der Waals surface area contributed by atoms with Crippen molar-refractivity contribution in [3.63, 3.8) is 0 Å². The summed E-state index contributed by atoms with van der Waals surface area (Å²) < 4.78 is 1.55. The van der Waals surface area contributed by atoms with Crippen molar-refractivity contribution in [3.05, 3.63) is 124 Å². The van der Waals surface area contributed by atoms with E-state index in [1.165, 1.54) is 0 Å². The van der Waals surface area contributed by atoms with Crippen molar-refractivity contribution < 1.29 is 0 Å². The van der Waals surface area contributed by atoms with Gasteiger partial charge in [-0.1, -0.05) is 84.4 Å². The van der Waals surface area contributed by atoms with Gasteiger partial charge in [0.15, 0.2) is 0 Å². The molecule has 0 aliphatic rings. The number of hydrogen-bond acceptors (Lipinski definition) is 3. The summed E-state index contributed by atoms with van der Waals surface area (Å²) in [6.07, 6.45) is 1.67. The molecule has 4 aromatic rings. The van der Waals surface area contributed by atoms with Gasteiger partial charge in [0.25, 0.3) is 5.56 Å². The molecular formula is C25H22ClN3O. The predicted octanol–water partition coefficient (Wildman–Crippen LogP) is 5.28. The first-order chi connectivity index (χ1) is 14.6. The quantitative estimate of drug-likeness (QED) is 0.466. The van der Waals surface area contributed by atoms with Gasteiger partial charge < -0.3 is 10.6 Å². The molecule has 0 aliphatic heterocycles. The van der Waals surface area contributed by atoms with Crippen LogP contribution in [-0.4, -0.2) is 4.57 Å². The smallest absolute Gasteiger partial charge is 0.280 e. The van der Waals surface area contributed by atoms with Crippen LogP contribution < -0.4 is 16.2 Å². The number of halogens is 1. The highest BCUT2D eigenvalue weighted by Crippen LogP contribution is 2.25. The van der Waals surface area contributed by atoms with Gasteiger partial charge in [0.2, 0.25) is 0 Å². The third-order valence-electron chi connectivity index (χ3n) is 4.96. The number of nitrogens with zero attached hydrogens (tertiary/aromatic N) is 2. The Morgan fingerprint density at radius 2 is 1.30 bits per heavy atom. The first-order valence-corrected chi connectivity index (χ1v) is 10.1. The Balaban J connectivity index is 1.82. The monoisotopic (exact) mass is 415 g/mol. The molecule has 0 aliphatic carbocycles. The topological polar surface area (TPSA) is 51.3 Å². The summed E-state index contributed by atoms with van der Waals surface area (Å²) in [7, 11) is 0. The number of rotatable bonds is 6. The van der Waals surface area contributed by atoms with E-state index in [-0.39, 0.29) is 5.56 Å². The van der Waals surface area contributed by atoms with Gasteiger partial charge in [-0.25, -0.2) is 0 Å². The van der Waals surface area contributed by atoms with E-state index in [1.54, 1.807) is 22.9 Å². The number of pyridine rings is 1. The van der Waals surface area contributed by atoms with E-state index in [1.807, 2.05) is 83.8 Å². The zero-order chi connectivity index (χ0) is 20.9. The first-order valence-electron chi connectivity index (χ1n) is 9.72. The fourth-order valence-electron chi connectivity index (χ4n) is 3.52. The predicted molar refractivity (Wildman–Crippen MR) is 124 cm³/mol. The highest BCUT2D eigenvalue weighted by atomic mass is 35.5. The van der Waals surface area contributed by atoms with Crippen LogP contribution in [-0.2, 0) is 13.1 Å². The van der Waals surface area contributed by atoms with Crippen LogP contribution >= 0.6 is 11.6 Å². The molecule has 0 saturated heterocycles. The molecule has 150 valence electrons. The van der Waals surface area contributed by atoms with E-state index in [2.05, 4.69) is 0 Å². The maximum atomic E-state index is 13.5. The molecule has 0 fully saturated rings. The minimum Gasteiger partial charge on any atom is -0.397 e. The van der Waals surface area contributed by atoms with Gasteiger partial charge in [0.1, 0.15) is 5.69 Å². The maximum absolute atomic E-state index is 13.5. The minimum atomic E-state index is -0.199. The molecule has 0 atom stereocenters. The van der Waals surface area contributed by atoms with E-state index < -0.39 is 0 Å². The van der Waals surface area contributed by atoms with E-state index in [4.69, 9.17) is 17.3 Å². The summed E-state index contributed by atoms with van der Waals surface area (Å²) >= 11 is 6.36. The average molecular weight is 416 g/mol. The van der Waals surface area contributed by atoms with Crippen LogP contribution in [0.5, 0.6) is 0 Å². The SMILES string of the molecule is Nc1ccn(-c2ccccc2Cl)c(=O)c1N(Cc1ccccc1)Cc1ccccc1. The molecule has 0 saturated carbocycles. The molecule has 3 aromatic carbocycles. The summed E-state index contributed by atoms with van der Waals surface area (Å²) in [5, 5.41) is 0.507. The Morgan fingerprint density at radius 3 is 1.87 bits per heavy atom. The number of nitrogens with two attached hydrogens (primary N) is 1. The molecule has 1 heterocycles. The van der Waals surface area contributed by atoms with Gasteiger partial charge in [-0.3, -0.25) is 9.36 Å². The van der Waals surface area contributed by atoms with Crippen molar-refractivity contribution in [2.24, 2.45) is 0 Å². The molecule has 0 bridgehead atoms. The summed E-state index contributed by atoms with van der Waals surface area (Å²) in [5.41, 5.74) is 9.86. The standard InChI is InChI=1S/C25H22ClN3O/c26-21-13-7-8-14-23(21)29-16-15-22(27)24(25(29)30)28(17-19-9-3-1-4-10-19)18-20-11-5-2-6-12-20/h1-16H,17-18,27H2.